The first-order valence-corrected chi connectivity index (χ1v) is 7.08. The minimum Gasteiger partial charge on any atom is -0.506 e. The van der Waals surface area contributed by atoms with Crippen molar-refractivity contribution < 1.29 is 24.7 Å². The van der Waals surface area contributed by atoms with Crippen LogP contribution in [-0.2, 0) is 9.59 Å². The van der Waals surface area contributed by atoms with Crippen LogP contribution in [0.25, 0.3) is 0 Å². The second kappa shape index (κ2) is 5.38. The molecule has 2 aliphatic rings. The zero-order valence-corrected chi connectivity index (χ0v) is 11.9. The summed E-state index contributed by atoms with van der Waals surface area (Å²) in [4.78, 5) is 33.8. The normalized spacial score (nSPS) is 27.8. The average molecular weight is 318 g/mol. The van der Waals surface area contributed by atoms with Gasteiger partial charge in [-0.05, 0) is 24.3 Å². The number of anilines is 1. The van der Waals surface area contributed by atoms with Gasteiger partial charge in [0.05, 0.1) is 28.5 Å². The van der Waals surface area contributed by atoms with E-state index in [1.165, 1.54) is 6.07 Å². The van der Waals surface area contributed by atoms with Crippen LogP contribution in [0, 0.1) is 33.8 Å². The standard InChI is InChI=1S/C15H14N2O6/c18-11-6-9(17(22)23)3-4-10(11)16-14(19)12-7-1-2-8(5-7)13(12)15(20)21/h1-4,6-8,12-13,18H,5H2,(H,16,19)(H,20,21)/t7-,8-,12+,13+/m0/s1. The van der Waals surface area contributed by atoms with E-state index in [1.54, 1.807) is 0 Å². The quantitative estimate of drug-likeness (QED) is 0.336. The summed E-state index contributed by atoms with van der Waals surface area (Å²) in [5.41, 5.74) is -0.275. The van der Waals surface area contributed by atoms with Gasteiger partial charge in [-0.1, -0.05) is 12.2 Å². The van der Waals surface area contributed by atoms with Gasteiger partial charge in [-0.2, -0.15) is 0 Å². The van der Waals surface area contributed by atoms with Crippen molar-refractivity contribution in [2.75, 3.05) is 5.32 Å². The van der Waals surface area contributed by atoms with Crippen LogP contribution in [-0.4, -0.2) is 27.0 Å². The fraction of sp³-hybridized carbons (Fsp3) is 0.333. The number of rotatable bonds is 4. The maximum atomic E-state index is 12.4. The zero-order valence-electron chi connectivity index (χ0n) is 11.9. The van der Waals surface area contributed by atoms with Crippen molar-refractivity contribution in [2.24, 2.45) is 23.7 Å². The Morgan fingerprint density at radius 3 is 2.43 bits per heavy atom. The number of phenols is 1. The predicted molar refractivity (Wildman–Crippen MR) is 78.7 cm³/mol. The number of benzene rings is 1. The smallest absolute Gasteiger partial charge is 0.307 e. The molecular formula is C15H14N2O6. The number of hydrogen-bond donors (Lipinski definition) is 3. The Morgan fingerprint density at radius 1 is 1.22 bits per heavy atom. The van der Waals surface area contributed by atoms with Gasteiger partial charge < -0.3 is 15.5 Å². The van der Waals surface area contributed by atoms with Crippen LogP contribution in [0.15, 0.2) is 30.4 Å². The third kappa shape index (κ3) is 2.52. The largest absolute Gasteiger partial charge is 0.506 e. The van der Waals surface area contributed by atoms with Gasteiger partial charge >= 0.3 is 5.97 Å². The zero-order chi connectivity index (χ0) is 16.7. The van der Waals surface area contributed by atoms with E-state index in [0.717, 1.165) is 12.1 Å². The number of aliphatic carboxylic acids is 1. The van der Waals surface area contributed by atoms with Crippen molar-refractivity contribution in [3.8, 4) is 5.75 Å². The highest BCUT2D eigenvalue weighted by Crippen LogP contribution is 2.48. The highest BCUT2D eigenvalue weighted by molar-refractivity contribution is 5.97. The molecule has 1 amide bonds. The summed E-state index contributed by atoms with van der Waals surface area (Å²) in [6.07, 6.45) is 4.31. The fourth-order valence-corrected chi connectivity index (χ4v) is 3.47. The number of nitro benzene ring substituents is 1. The summed E-state index contributed by atoms with van der Waals surface area (Å²) in [6.45, 7) is 0. The number of aromatic hydroxyl groups is 1. The lowest BCUT2D eigenvalue weighted by Crippen LogP contribution is -2.36. The molecule has 0 unspecified atom stereocenters. The number of nitrogens with zero attached hydrogens (tertiary/aromatic N) is 1. The Bertz CT molecular complexity index is 729. The Hall–Kier alpha value is -2.90. The lowest BCUT2D eigenvalue weighted by atomic mass is 9.82. The minimum absolute atomic E-state index is 0.0245. The molecule has 1 fully saturated rings. The monoisotopic (exact) mass is 318 g/mol. The second-order valence-electron chi connectivity index (χ2n) is 5.79. The highest BCUT2D eigenvalue weighted by atomic mass is 16.6. The maximum Gasteiger partial charge on any atom is 0.307 e. The number of allylic oxidation sites excluding steroid dienone is 2. The summed E-state index contributed by atoms with van der Waals surface area (Å²) < 4.78 is 0. The van der Waals surface area contributed by atoms with Crippen LogP contribution in [0.3, 0.4) is 0 Å². The third-order valence-corrected chi connectivity index (χ3v) is 4.50. The number of hydrogen-bond acceptors (Lipinski definition) is 5. The van der Waals surface area contributed by atoms with E-state index in [9.17, 15) is 29.9 Å². The first-order chi connectivity index (χ1) is 10.9. The number of carboxylic acids is 1. The average Bonchev–Trinajstić information content (AvgIpc) is 3.09. The van der Waals surface area contributed by atoms with Crippen LogP contribution in [0.1, 0.15) is 6.42 Å². The van der Waals surface area contributed by atoms with E-state index in [2.05, 4.69) is 5.32 Å². The molecule has 0 radical (unpaired) electrons. The number of carboxylic acid groups (broad SMARTS) is 1. The van der Waals surface area contributed by atoms with Gasteiger partial charge in [-0.3, -0.25) is 19.7 Å². The van der Waals surface area contributed by atoms with E-state index >= 15 is 0 Å². The molecule has 1 saturated carbocycles. The van der Waals surface area contributed by atoms with Crippen LogP contribution >= 0.6 is 0 Å². The number of phenolic OH excluding ortho intramolecular Hbond substituents is 1. The van der Waals surface area contributed by atoms with Crippen LogP contribution < -0.4 is 5.32 Å². The molecule has 3 N–H and O–H groups in total. The lowest BCUT2D eigenvalue weighted by Gasteiger charge is -2.24. The first-order valence-electron chi connectivity index (χ1n) is 7.08. The number of carbonyl (C=O) groups is 2. The SMILES string of the molecule is O=C(O)[C@H]1[C@H](C(=O)Nc2ccc([N+](=O)[O-])cc2O)[C@H]2C=C[C@H]1C2. The molecule has 0 aliphatic heterocycles. The number of non-ortho nitro benzene ring substituents is 1. The molecule has 2 aliphatic carbocycles. The van der Waals surface area contributed by atoms with Crippen molar-refractivity contribution in [3.63, 3.8) is 0 Å². The second-order valence-corrected chi connectivity index (χ2v) is 5.79. The summed E-state index contributed by atoms with van der Waals surface area (Å²) in [7, 11) is 0. The van der Waals surface area contributed by atoms with Crippen LogP contribution in [0.5, 0.6) is 5.75 Å². The van der Waals surface area contributed by atoms with E-state index in [0.29, 0.717) is 6.42 Å². The molecule has 2 bridgehead atoms. The summed E-state index contributed by atoms with van der Waals surface area (Å²) in [5.74, 6) is -3.74. The van der Waals surface area contributed by atoms with Gasteiger partial charge in [-0.15, -0.1) is 0 Å². The van der Waals surface area contributed by atoms with E-state index in [4.69, 9.17) is 0 Å². The van der Waals surface area contributed by atoms with Gasteiger partial charge in [0.2, 0.25) is 5.91 Å². The Balaban J connectivity index is 1.81. The van der Waals surface area contributed by atoms with E-state index < -0.39 is 34.4 Å². The van der Waals surface area contributed by atoms with Crippen molar-refractivity contribution >= 4 is 23.3 Å². The number of fused-ring (bicyclic) bond motifs is 2. The molecule has 0 saturated heterocycles. The molecule has 4 atom stereocenters. The van der Waals surface area contributed by atoms with Crippen LogP contribution in [0.2, 0.25) is 0 Å². The molecular weight excluding hydrogens is 304 g/mol. The molecule has 8 heteroatoms. The fourth-order valence-electron chi connectivity index (χ4n) is 3.47. The van der Waals surface area contributed by atoms with Gasteiger partial charge in [0.25, 0.3) is 5.69 Å². The Kier molecular flexibility index (Phi) is 3.51. The van der Waals surface area contributed by atoms with Crippen molar-refractivity contribution in [1.29, 1.82) is 0 Å². The first kappa shape index (κ1) is 15.0. The molecule has 120 valence electrons. The van der Waals surface area contributed by atoms with E-state index in [1.807, 2.05) is 12.2 Å². The van der Waals surface area contributed by atoms with Gasteiger partial charge in [0, 0.05) is 6.07 Å². The molecule has 1 aromatic rings. The number of nitro groups is 1. The molecule has 23 heavy (non-hydrogen) atoms. The van der Waals surface area contributed by atoms with Gasteiger partial charge in [-0.25, -0.2) is 0 Å². The number of carbonyl (C=O) groups excluding carboxylic acids is 1. The van der Waals surface area contributed by atoms with Crippen LogP contribution in [0.4, 0.5) is 11.4 Å². The molecule has 0 spiro atoms. The number of amides is 1. The molecule has 1 aromatic carbocycles. The summed E-state index contributed by atoms with van der Waals surface area (Å²) >= 11 is 0. The Morgan fingerprint density at radius 2 is 1.87 bits per heavy atom. The Labute approximate surface area is 130 Å². The highest BCUT2D eigenvalue weighted by Gasteiger charge is 2.51. The minimum atomic E-state index is -1.02. The number of nitrogens with one attached hydrogen (secondary N) is 1. The predicted octanol–water partition coefficient (Wildman–Crippen LogP) is 1.76. The van der Waals surface area contributed by atoms with Gasteiger partial charge in [0.15, 0.2) is 0 Å². The molecule has 8 nitrogen and oxygen atoms in total. The molecule has 0 aromatic heterocycles. The third-order valence-electron chi connectivity index (χ3n) is 4.50. The maximum absolute atomic E-state index is 12.4. The van der Waals surface area contributed by atoms with Crippen molar-refractivity contribution in [3.05, 3.63) is 40.5 Å². The van der Waals surface area contributed by atoms with Crippen molar-refractivity contribution in [2.45, 2.75) is 6.42 Å². The molecule has 0 heterocycles. The van der Waals surface area contributed by atoms with E-state index in [-0.39, 0.29) is 23.2 Å². The summed E-state index contributed by atoms with van der Waals surface area (Å²) in [6, 6.07) is 3.32. The molecule has 3 rings (SSSR count). The topological polar surface area (TPSA) is 130 Å². The van der Waals surface area contributed by atoms with Crippen molar-refractivity contribution in [1.82, 2.24) is 0 Å². The summed E-state index contributed by atoms with van der Waals surface area (Å²) in [5, 5.41) is 32.2. The van der Waals surface area contributed by atoms with Gasteiger partial charge in [0.1, 0.15) is 5.75 Å². The lowest BCUT2D eigenvalue weighted by molar-refractivity contribution is -0.384.